The lowest BCUT2D eigenvalue weighted by Gasteiger charge is -2.28. The minimum Gasteiger partial charge on any atom is -0.384 e. The number of halogens is 2. The van der Waals surface area contributed by atoms with Gasteiger partial charge < -0.3 is 10.6 Å². The molecular weight excluding hydrogens is 289 g/mol. The summed E-state index contributed by atoms with van der Waals surface area (Å²) in [4.78, 5) is 1.81. The van der Waals surface area contributed by atoms with Gasteiger partial charge in [-0.2, -0.15) is 0 Å². The van der Waals surface area contributed by atoms with Crippen LogP contribution in [0.5, 0.6) is 0 Å². The number of amidine groups is 1. The van der Waals surface area contributed by atoms with E-state index in [-0.39, 0.29) is 11.9 Å². The Morgan fingerprint density at radius 3 is 2.52 bits per heavy atom. The second-order valence-electron chi connectivity index (χ2n) is 4.89. The molecule has 0 aliphatic carbocycles. The third kappa shape index (κ3) is 3.16. The van der Waals surface area contributed by atoms with Crippen molar-refractivity contribution < 1.29 is 4.39 Å². The Bertz CT molecular complexity index is 672. The Hall–Kier alpha value is -2.07. The van der Waals surface area contributed by atoms with Gasteiger partial charge in [-0.1, -0.05) is 29.8 Å². The highest BCUT2D eigenvalue weighted by molar-refractivity contribution is 6.31. The second kappa shape index (κ2) is 6.14. The Morgan fingerprint density at radius 1 is 1.29 bits per heavy atom. The summed E-state index contributed by atoms with van der Waals surface area (Å²) in [6, 6.07) is 11.9. The summed E-state index contributed by atoms with van der Waals surface area (Å²) in [7, 11) is 1.81. The maximum atomic E-state index is 14.2. The molecule has 0 aromatic heterocycles. The van der Waals surface area contributed by atoms with Gasteiger partial charge in [-0.05, 0) is 36.8 Å². The van der Waals surface area contributed by atoms with Gasteiger partial charge in [0.05, 0.1) is 11.7 Å². The highest BCUT2D eigenvalue weighted by Crippen LogP contribution is 2.31. The number of rotatable bonds is 4. The molecule has 0 spiro atoms. The fraction of sp³-hybridized carbons (Fsp3) is 0.188. The highest BCUT2D eigenvalue weighted by atomic mass is 35.5. The van der Waals surface area contributed by atoms with Crippen LogP contribution in [0, 0.1) is 11.2 Å². The molecule has 1 unspecified atom stereocenters. The summed E-state index contributed by atoms with van der Waals surface area (Å²) < 4.78 is 14.2. The predicted molar refractivity (Wildman–Crippen MR) is 85.7 cm³/mol. The first kappa shape index (κ1) is 15.3. The lowest BCUT2D eigenvalue weighted by molar-refractivity contribution is 0.611. The van der Waals surface area contributed by atoms with E-state index >= 15 is 0 Å². The number of nitrogens with zero attached hydrogens (tertiary/aromatic N) is 1. The van der Waals surface area contributed by atoms with Crippen LogP contribution in [-0.2, 0) is 0 Å². The average molecular weight is 306 g/mol. The molecule has 110 valence electrons. The molecule has 2 rings (SSSR count). The minimum absolute atomic E-state index is 0.0867. The molecule has 0 aliphatic heterocycles. The van der Waals surface area contributed by atoms with Crippen LogP contribution in [0.1, 0.15) is 24.1 Å². The van der Waals surface area contributed by atoms with Crippen molar-refractivity contribution >= 4 is 23.1 Å². The molecule has 0 amide bonds. The molecule has 5 heteroatoms. The van der Waals surface area contributed by atoms with Gasteiger partial charge in [0.2, 0.25) is 0 Å². The van der Waals surface area contributed by atoms with Gasteiger partial charge in [0.15, 0.2) is 0 Å². The Morgan fingerprint density at radius 2 is 1.95 bits per heavy atom. The van der Waals surface area contributed by atoms with Crippen LogP contribution in [0.15, 0.2) is 42.5 Å². The van der Waals surface area contributed by atoms with E-state index in [2.05, 4.69) is 0 Å². The smallest absolute Gasteiger partial charge is 0.147 e. The normalized spacial score (nSPS) is 12.0. The van der Waals surface area contributed by atoms with Crippen LogP contribution in [0.4, 0.5) is 10.1 Å². The van der Waals surface area contributed by atoms with Crippen molar-refractivity contribution in [1.29, 1.82) is 5.41 Å². The third-order valence-electron chi connectivity index (χ3n) is 3.57. The van der Waals surface area contributed by atoms with E-state index in [1.165, 1.54) is 6.07 Å². The van der Waals surface area contributed by atoms with Gasteiger partial charge in [0.25, 0.3) is 0 Å². The zero-order valence-corrected chi connectivity index (χ0v) is 12.7. The first-order valence-electron chi connectivity index (χ1n) is 6.53. The zero-order chi connectivity index (χ0) is 15.6. The topological polar surface area (TPSA) is 53.1 Å². The molecule has 3 nitrogen and oxygen atoms in total. The molecular formula is C16H17ClFN3. The lowest BCUT2D eigenvalue weighted by Crippen LogP contribution is -2.23. The number of anilines is 1. The van der Waals surface area contributed by atoms with Crippen LogP contribution in [0.3, 0.4) is 0 Å². The van der Waals surface area contributed by atoms with Gasteiger partial charge in [-0.25, -0.2) is 4.39 Å². The fourth-order valence-electron chi connectivity index (χ4n) is 2.19. The van der Waals surface area contributed by atoms with Crippen LogP contribution in [0.25, 0.3) is 0 Å². The molecule has 2 aromatic carbocycles. The number of nitrogens with two attached hydrogens (primary N) is 1. The molecule has 0 heterocycles. The van der Waals surface area contributed by atoms with Crippen LogP contribution in [-0.4, -0.2) is 12.9 Å². The van der Waals surface area contributed by atoms with E-state index in [1.807, 2.05) is 31.2 Å². The summed E-state index contributed by atoms with van der Waals surface area (Å²) in [6.07, 6.45) is 0. The molecule has 3 N–H and O–H groups in total. The van der Waals surface area contributed by atoms with Crippen molar-refractivity contribution in [3.63, 3.8) is 0 Å². The fourth-order valence-corrected chi connectivity index (χ4v) is 2.49. The van der Waals surface area contributed by atoms with E-state index in [0.29, 0.717) is 16.3 Å². The molecule has 2 aromatic rings. The van der Waals surface area contributed by atoms with E-state index in [9.17, 15) is 4.39 Å². The molecule has 0 radical (unpaired) electrons. The number of benzene rings is 2. The van der Waals surface area contributed by atoms with Crippen molar-refractivity contribution in [2.45, 2.75) is 13.0 Å². The summed E-state index contributed by atoms with van der Waals surface area (Å²) in [6.45, 7) is 1.96. The maximum Gasteiger partial charge on any atom is 0.147 e. The number of hydrogen-bond donors (Lipinski definition) is 2. The molecule has 0 aliphatic rings. The summed E-state index contributed by atoms with van der Waals surface area (Å²) in [5.74, 6) is -0.564. The minimum atomic E-state index is -0.413. The Kier molecular flexibility index (Phi) is 4.48. The SMILES string of the molecule is CC(c1ccccc1Cl)N(C)c1ccc(C(=N)N)cc1F. The van der Waals surface area contributed by atoms with Gasteiger partial charge >= 0.3 is 0 Å². The lowest BCUT2D eigenvalue weighted by atomic mass is 10.1. The molecule has 0 saturated heterocycles. The first-order valence-corrected chi connectivity index (χ1v) is 6.91. The highest BCUT2D eigenvalue weighted by Gasteiger charge is 2.18. The quantitative estimate of drug-likeness (QED) is 0.663. The van der Waals surface area contributed by atoms with Crippen molar-refractivity contribution in [1.82, 2.24) is 0 Å². The molecule has 21 heavy (non-hydrogen) atoms. The molecule has 0 saturated carbocycles. The number of nitrogen functional groups attached to an aromatic ring is 1. The van der Waals surface area contributed by atoms with E-state index in [0.717, 1.165) is 5.56 Å². The van der Waals surface area contributed by atoms with E-state index in [1.54, 1.807) is 24.1 Å². The monoisotopic (exact) mass is 305 g/mol. The van der Waals surface area contributed by atoms with Gasteiger partial charge in [-0.3, -0.25) is 5.41 Å². The zero-order valence-electron chi connectivity index (χ0n) is 11.9. The van der Waals surface area contributed by atoms with Crippen LogP contribution < -0.4 is 10.6 Å². The second-order valence-corrected chi connectivity index (χ2v) is 5.30. The van der Waals surface area contributed by atoms with E-state index in [4.69, 9.17) is 22.7 Å². The number of hydrogen-bond acceptors (Lipinski definition) is 2. The predicted octanol–water partition coefficient (Wildman–Crippen LogP) is 3.96. The average Bonchev–Trinajstić information content (AvgIpc) is 2.46. The molecule has 0 bridgehead atoms. The Labute approximate surface area is 128 Å². The standard InChI is InChI=1S/C16H17ClFN3/c1-10(12-5-3-4-6-13(12)17)21(2)15-8-7-11(16(19)20)9-14(15)18/h3-10H,1-2H3,(H3,19,20). The maximum absolute atomic E-state index is 14.2. The van der Waals surface area contributed by atoms with Gasteiger partial charge in [0.1, 0.15) is 11.7 Å². The van der Waals surface area contributed by atoms with E-state index < -0.39 is 5.82 Å². The van der Waals surface area contributed by atoms with Crippen molar-refractivity contribution in [3.05, 3.63) is 64.4 Å². The van der Waals surface area contributed by atoms with Crippen molar-refractivity contribution in [3.8, 4) is 0 Å². The van der Waals surface area contributed by atoms with Crippen LogP contribution in [0.2, 0.25) is 5.02 Å². The number of nitrogens with one attached hydrogen (secondary N) is 1. The van der Waals surface area contributed by atoms with Crippen molar-refractivity contribution in [2.24, 2.45) is 5.73 Å². The van der Waals surface area contributed by atoms with Gasteiger partial charge in [-0.15, -0.1) is 0 Å². The van der Waals surface area contributed by atoms with Gasteiger partial charge in [0, 0.05) is 17.6 Å². The first-order chi connectivity index (χ1) is 9.91. The van der Waals surface area contributed by atoms with Crippen molar-refractivity contribution in [2.75, 3.05) is 11.9 Å². The molecule has 0 fully saturated rings. The largest absolute Gasteiger partial charge is 0.384 e. The summed E-state index contributed by atoms with van der Waals surface area (Å²) >= 11 is 6.19. The Balaban J connectivity index is 2.34. The van der Waals surface area contributed by atoms with Crippen LogP contribution >= 0.6 is 11.6 Å². The molecule has 1 atom stereocenters. The summed E-state index contributed by atoms with van der Waals surface area (Å²) in [5.41, 5.74) is 7.10. The summed E-state index contributed by atoms with van der Waals surface area (Å²) in [5, 5.41) is 7.99. The third-order valence-corrected chi connectivity index (χ3v) is 3.92.